The number of para-hydroxylation sites is 1. The van der Waals surface area contributed by atoms with Gasteiger partial charge in [-0.25, -0.2) is 13.1 Å². The highest BCUT2D eigenvalue weighted by atomic mass is 32.2. The Hall–Kier alpha value is -2.58. The van der Waals surface area contributed by atoms with E-state index in [1.807, 2.05) is 18.2 Å². The highest BCUT2D eigenvalue weighted by molar-refractivity contribution is 7.89. The first-order chi connectivity index (χ1) is 12.0. The molecule has 0 heterocycles. The average Bonchev–Trinajstić information content (AvgIpc) is 2.65. The lowest BCUT2D eigenvalue weighted by Crippen LogP contribution is -2.36. The standard InChI is InChI=1S/C17H20N2O5S/c1-23-14-7-9-15(10-8-14)25(21,22)19-12-17(20)18-11-13-5-3-4-6-16(13)24-2/h3-10,19H,11-12H2,1-2H3,(H,18,20). The second-order valence-electron chi connectivity index (χ2n) is 5.09. The first-order valence-corrected chi connectivity index (χ1v) is 8.97. The Kier molecular flexibility index (Phi) is 6.37. The molecule has 2 aromatic rings. The van der Waals surface area contributed by atoms with Crippen molar-refractivity contribution in [2.45, 2.75) is 11.4 Å². The summed E-state index contributed by atoms with van der Waals surface area (Å²) in [5.74, 6) is 0.762. The fourth-order valence-corrected chi connectivity index (χ4v) is 3.09. The fraction of sp³-hybridized carbons (Fsp3) is 0.235. The first kappa shape index (κ1) is 18.8. The number of nitrogens with one attached hydrogen (secondary N) is 2. The van der Waals surface area contributed by atoms with Crippen molar-refractivity contribution in [3.8, 4) is 11.5 Å². The predicted molar refractivity (Wildman–Crippen MR) is 93.0 cm³/mol. The van der Waals surface area contributed by atoms with Crippen LogP contribution in [0.25, 0.3) is 0 Å². The number of benzene rings is 2. The number of sulfonamides is 1. The Morgan fingerprint density at radius 1 is 1.00 bits per heavy atom. The van der Waals surface area contributed by atoms with Crippen LogP contribution >= 0.6 is 0 Å². The maximum absolute atomic E-state index is 12.2. The molecule has 2 rings (SSSR count). The van der Waals surface area contributed by atoms with Crippen molar-refractivity contribution in [2.75, 3.05) is 20.8 Å². The summed E-state index contributed by atoms with van der Waals surface area (Å²) in [4.78, 5) is 12.0. The van der Waals surface area contributed by atoms with E-state index in [0.29, 0.717) is 11.5 Å². The van der Waals surface area contributed by atoms with E-state index in [4.69, 9.17) is 9.47 Å². The summed E-state index contributed by atoms with van der Waals surface area (Å²) in [6.07, 6.45) is 0. The Morgan fingerprint density at radius 2 is 1.68 bits per heavy atom. The Morgan fingerprint density at radius 3 is 2.32 bits per heavy atom. The SMILES string of the molecule is COc1ccc(S(=O)(=O)NCC(=O)NCc2ccccc2OC)cc1. The van der Waals surface area contributed by atoms with E-state index in [1.165, 1.54) is 31.4 Å². The molecule has 0 radical (unpaired) electrons. The summed E-state index contributed by atoms with van der Waals surface area (Å²) < 4.78 is 36.8. The number of amides is 1. The van der Waals surface area contributed by atoms with Crippen LogP contribution in [0, 0.1) is 0 Å². The van der Waals surface area contributed by atoms with E-state index >= 15 is 0 Å². The third kappa shape index (κ3) is 5.20. The maximum Gasteiger partial charge on any atom is 0.241 e. The number of carbonyl (C=O) groups is 1. The fourth-order valence-electron chi connectivity index (χ4n) is 2.10. The number of rotatable bonds is 8. The molecule has 134 valence electrons. The van der Waals surface area contributed by atoms with Crippen molar-refractivity contribution in [2.24, 2.45) is 0 Å². The van der Waals surface area contributed by atoms with E-state index in [-0.39, 0.29) is 18.0 Å². The molecule has 0 fully saturated rings. The second kappa shape index (κ2) is 8.50. The van der Waals surface area contributed by atoms with Gasteiger partial charge in [-0.15, -0.1) is 0 Å². The summed E-state index contributed by atoms with van der Waals surface area (Å²) in [6.45, 7) is -0.114. The molecule has 2 aromatic carbocycles. The molecule has 0 aliphatic heterocycles. The van der Waals surface area contributed by atoms with Crippen molar-refractivity contribution in [3.63, 3.8) is 0 Å². The highest BCUT2D eigenvalue weighted by Gasteiger charge is 2.15. The number of hydrogen-bond donors (Lipinski definition) is 2. The number of ether oxygens (including phenoxy) is 2. The molecule has 0 atom stereocenters. The molecule has 8 heteroatoms. The average molecular weight is 364 g/mol. The van der Waals surface area contributed by atoms with Gasteiger partial charge in [0.1, 0.15) is 11.5 Å². The van der Waals surface area contributed by atoms with Gasteiger partial charge in [0.15, 0.2) is 0 Å². The third-order valence-electron chi connectivity index (χ3n) is 3.46. The van der Waals surface area contributed by atoms with Crippen molar-refractivity contribution < 1.29 is 22.7 Å². The largest absolute Gasteiger partial charge is 0.497 e. The molecule has 0 aromatic heterocycles. The summed E-state index contributed by atoms with van der Waals surface area (Å²) in [7, 11) is -0.728. The number of carbonyl (C=O) groups excluding carboxylic acids is 1. The van der Waals surface area contributed by atoms with Crippen LogP contribution < -0.4 is 19.5 Å². The van der Waals surface area contributed by atoms with Crippen molar-refractivity contribution >= 4 is 15.9 Å². The molecule has 0 bridgehead atoms. The second-order valence-corrected chi connectivity index (χ2v) is 6.86. The van der Waals surface area contributed by atoms with Gasteiger partial charge in [0.2, 0.25) is 15.9 Å². The van der Waals surface area contributed by atoms with Crippen LogP contribution in [0.2, 0.25) is 0 Å². The molecule has 7 nitrogen and oxygen atoms in total. The Bertz CT molecular complexity index is 819. The topological polar surface area (TPSA) is 93.7 Å². The number of methoxy groups -OCH3 is 2. The minimum Gasteiger partial charge on any atom is -0.497 e. The van der Waals surface area contributed by atoms with Gasteiger partial charge < -0.3 is 14.8 Å². The van der Waals surface area contributed by atoms with E-state index in [0.717, 1.165) is 5.56 Å². The van der Waals surface area contributed by atoms with Gasteiger partial charge in [-0.05, 0) is 30.3 Å². The molecule has 0 aliphatic carbocycles. The van der Waals surface area contributed by atoms with Gasteiger partial charge in [0, 0.05) is 12.1 Å². The lowest BCUT2D eigenvalue weighted by Gasteiger charge is -2.10. The zero-order chi connectivity index (χ0) is 18.3. The molecule has 0 aliphatic rings. The van der Waals surface area contributed by atoms with Gasteiger partial charge in [-0.2, -0.15) is 0 Å². The first-order valence-electron chi connectivity index (χ1n) is 7.48. The van der Waals surface area contributed by atoms with Crippen LogP contribution in [-0.4, -0.2) is 35.1 Å². The molecule has 0 unspecified atom stereocenters. The quantitative estimate of drug-likeness (QED) is 0.736. The van der Waals surface area contributed by atoms with Crippen LogP contribution in [-0.2, 0) is 21.4 Å². The molecule has 0 saturated carbocycles. The lowest BCUT2D eigenvalue weighted by molar-refractivity contribution is -0.120. The minimum atomic E-state index is -3.77. The van der Waals surface area contributed by atoms with E-state index in [2.05, 4.69) is 10.0 Å². The smallest absolute Gasteiger partial charge is 0.241 e. The van der Waals surface area contributed by atoms with Gasteiger partial charge in [-0.3, -0.25) is 4.79 Å². The predicted octanol–water partition coefficient (Wildman–Crippen LogP) is 1.30. The Labute approximate surface area is 147 Å². The van der Waals surface area contributed by atoms with Crippen LogP contribution in [0.4, 0.5) is 0 Å². The van der Waals surface area contributed by atoms with Crippen LogP contribution in [0.3, 0.4) is 0 Å². The monoisotopic (exact) mass is 364 g/mol. The van der Waals surface area contributed by atoms with Gasteiger partial charge in [-0.1, -0.05) is 18.2 Å². The summed E-state index contributed by atoms with van der Waals surface area (Å²) in [6, 6.07) is 13.2. The summed E-state index contributed by atoms with van der Waals surface area (Å²) in [5.41, 5.74) is 0.802. The molecule has 25 heavy (non-hydrogen) atoms. The Balaban J connectivity index is 1.90. The van der Waals surface area contributed by atoms with Crippen molar-refractivity contribution in [3.05, 3.63) is 54.1 Å². The summed E-state index contributed by atoms with van der Waals surface area (Å²) in [5, 5.41) is 2.65. The maximum atomic E-state index is 12.2. The highest BCUT2D eigenvalue weighted by Crippen LogP contribution is 2.17. The molecule has 2 N–H and O–H groups in total. The molecular formula is C17H20N2O5S. The molecule has 1 amide bonds. The zero-order valence-corrected chi connectivity index (χ0v) is 14.8. The van der Waals surface area contributed by atoms with E-state index in [1.54, 1.807) is 13.2 Å². The van der Waals surface area contributed by atoms with Crippen LogP contribution in [0.15, 0.2) is 53.4 Å². The lowest BCUT2D eigenvalue weighted by atomic mass is 10.2. The van der Waals surface area contributed by atoms with Crippen LogP contribution in [0.1, 0.15) is 5.56 Å². The molecular weight excluding hydrogens is 344 g/mol. The van der Waals surface area contributed by atoms with Crippen molar-refractivity contribution in [1.82, 2.24) is 10.0 Å². The van der Waals surface area contributed by atoms with E-state index in [9.17, 15) is 13.2 Å². The van der Waals surface area contributed by atoms with Gasteiger partial charge in [0.25, 0.3) is 0 Å². The minimum absolute atomic E-state index is 0.0610. The van der Waals surface area contributed by atoms with Crippen LogP contribution in [0.5, 0.6) is 11.5 Å². The number of hydrogen-bond acceptors (Lipinski definition) is 5. The van der Waals surface area contributed by atoms with Gasteiger partial charge >= 0.3 is 0 Å². The zero-order valence-electron chi connectivity index (χ0n) is 14.0. The molecule has 0 saturated heterocycles. The van der Waals surface area contributed by atoms with Crippen molar-refractivity contribution in [1.29, 1.82) is 0 Å². The van der Waals surface area contributed by atoms with Gasteiger partial charge in [0.05, 0.1) is 25.7 Å². The normalized spacial score (nSPS) is 11.0. The molecule has 0 spiro atoms. The third-order valence-corrected chi connectivity index (χ3v) is 4.88. The summed E-state index contributed by atoms with van der Waals surface area (Å²) >= 11 is 0. The van der Waals surface area contributed by atoms with E-state index < -0.39 is 15.9 Å².